The minimum absolute atomic E-state index is 0.485. The van der Waals surface area contributed by atoms with Crippen LogP contribution in [0.1, 0.15) is 72.6 Å². The molecular formula is C17H36N2. The minimum Gasteiger partial charge on any atom is -0.316 e. The van der Waals surface area contributed by atoms with Crippen LogP contribution in [0.5, 0.6) is 0 Å². The Morgan fingerprint density at radius 3 is 2.42 bits per heavy atom. The summed E-state index contributed by atoms with van der Waals surface area (Å²) in [5.74, 6) is 0. The predicted octanol–water partition coefficient (Wildman–Crippen LogP) is 4.06. The van der Waals surface area contributed by atoms with Gasteiger partial charge < -0.3 is 5.32 Å². The smallest absolute Gasteiger partial charge is 0.00954 e. The van der Waals surface area contributed by atoms with Gasteiger partial charge >= 0.3 is 0 Å². The van der Waals surface area contributed by atoms with Crippen molar-refractivity contribution < 1.29 is 0 Å². The molecule has 1 aliphatic heterocycles. The first kappa shape index (κ1) is 17.0. The molecule has 1 rings (SSSR count). The molecule has 2 heteroatoms. The summed E-state index contributed by atoms with van der Waals surface area (Å²) in [6.07, 6.45) is 9.60. The topological polar surface area (TPSA) is 15.3 Å². The molecule has 0 bridgehead atoms. The molecule has 0 aromatic heterocycles. The maximum atomic E-state index is 3.60. The van der Waals surface area contributed by atoms with E-state index in [1.807, 2.05) is 0 Å². The largest absolute Gasteiger partial charge is 0.316 e. The first-order valence-electron chi connectivity index (χ1n) is 8.66. The van der Waals surface area contributed by atoms with Crippen LogP contribution in [0, 0.1) is 5.41 Å². The molecule has 1 N–H and O–H groups in total. The van der Waals surface area contributed by atoms with Crippen molar-refractivity contribution in [3.8, 4) is 0 Å². The molecule has 0 aliphatic carbocycles. The van der Waals surface area contributed by atoms with E-state index in [2.05, 4.69) is 37.9 Å². The highest BCUT2D eigenvalue weighted by molar-refractivity contribution is 4.87. The maximum absolute atomic E-state index is 3.60. The zero-order valence-electron chi connectivity index (χ0n) is 13.8. The van der Waals surface area contributed by atoms with Gasteiger partial charge in [-0.1, -0.05) is 40.5 Å². The van der Waals surface area contributed by atoms with Crippen LogP contribution in [0.25, 0.3) is 0 Å². The highest BCUT2D eigenvalue weighted by Gasteiger charge is 2.32. The van der Waals surface area contributed by atoms with Crippen LogP contribution in [0.3, 0.4) is 0 Å². The van der Waals surface area contributed by atoms with Crippen LogP contribution < -0.4 is 5.32 Å². The van der Waals surface area contributed by atoms with Crippen molar-refractivity contribution >= 4 is 0 Å². The van der Waals surface area contributed by atoms with E-state index in [1.54, 1.807) is 0 Å². The lowest BCUT2D eigenvalue weighted by molar-refractivity contribution is 0.0688. The zero-order valence-corrected chi connectivity index (χ0v) is 13.8. The summed E-state index contributed by atoms with van der Waals surface area (Å²) < 4.78 is 0. The van der Waals surface area contributed by atoms with Gasteiger partial charge in [0.2, 0.25) is 0 Å². The molecular weight excluding hydrogens is 232 g/mol. The summed E-state index contributed by atoms with van der Waals surface area (Å²) in [7, 11) is 0. The monoisotopic (exact) mass is 268 g/mol. The van der Waals surface area contributed by atoms with E-state index in [1.165, 1.54) is 64.6 Å². The van der Waals surface area contributed by atoms with E-state index in [0.29, 0.717) is 5.41 Å². The van der Waals surface area contributed by atoms with Crippen molar-refractivity contribution in [1.29, 1.82) is 0 Å². The van der Waals surface area contributed by atoms with Crippen LogP contribution in [0.2, 0.25) is 0 Å². The average molecular weight is 268 g/mol. The Balaban J connectivity index is 2.63. The Morgan fingerprint density at radius 2 is 1.84 bits per heavy atom. The van der Waals surface area contributed by atoms with Gasteiger partial charge in [-0.2, -0.15) is 0 Å². The Hall–Kier alpha value is -0.0800. The number of nitrogens with zero attached hydrogens (tertiary/aromatic N) is 1. The standard InChI is InChI=1S/C17H36N2/c1-5-11-16-12-9-10-13-19(16)15-17(6-2,7-3)14-18-8-4/h16,18H,5-15H2,1-4H3. The number of piperidine rings is 1. The van der Waals surface area contributed by atoms with Crippen molar-refractivity contribution in [1.82, 2.24) is 10.2 Å². The minimum atomic E-state index is 0.485. The van der Waals surface area contributed by atoms with Gasteiger partial charge in [0.25, 0.3) is 0 Å². The Bertz CT molecular complexity index is 221. The molecule has 2 nitrogen and oxygen atoms in total. The fourth-order valence-electron chi connectivity index (χ4n) is 3.53. The van der Waals surface area contributed by atoms with E-state index in [9.17, 15) is 0 Å². The molecule has 0 radical (unpaired) electrons. The molecule has 1 atom stereocenters. The molecule has 0 aromatic rings. The zero-order chi connectivity index (χ0) is 14.1. The molecule has 1 unspecified atom stereocenters. The lowest BCUT2D eigenvalue weighted by Crippen LogP contribution is -2.49. The van der Waals surface area contributed by atoms with Gasteiger partial charge in [-0.25, -0.2) is 0 Å². The summed E-state index contributed by atoms with van der Waals surface area (Å²) >= 11 is 0. The number of hydrogen-bond acceptors (Lipinski definition) is 2. The van der Waals surface area contributed by atoms with Crippen LogP contribution in [0.15, 0.2) is 0 Å². The molecule has 1 saturated heterocycles. The Kier molecular flexibility index (Phi) is 8.01. The van der Waals surface area contributed by atoms with Crippen molar-refractivity contribution in [2.24, 2.45) is 5.41 Å². The summed E-state index contributed by atoms with van der Waals surface area (Å²) in [5.41, 5.74) is 0.485. The third kappa shape index (κ3) is 5.07. The third-order valence-corrected chi connectivity index (χ3v) is 5.16. The highest BCUT2D eigenvalue weighted by atomic mass is 15.2. The molecule has 0 amide bonds. The van der Waals surface area contributed by atoms with Crippen LogP contribution in [-0.4, -0.2) is 37.1 Å². The van der Waals surface area contributed by atoms with Gasteiger partial charge in [0.05, 0.1) is 0 Å². The summed E-state index contributed by atoms with van der Waals surface area (Å²) in [6, 6.07) is 0.859. The molecule has 1 heterocycles. The van der Waals surface area contributed by atoms with E-state index < -0.39 is 0 Å². The first-order valence-corrected chi connectivity index (χ1v) is 8.66. The molecule has 0 spiro atoms. The van der Waals surface area contributed by atoms with Crippen LogP contribution in [-0.2, 0) is 0 Å². The van der Waals surface area contributed by atoms with Gasteiger partial charge in [0.15, 0.2) is 0 Å². The van der Waals surface area contributed by atoms with Crippen molar-refractivity contribution in [2.45, 2.75) is 78.7 Å². The molecule has 19 heavy (non-hydrogen) atoms. The van der Waals surface area contributed by atoms with Crippen LogP contribution >= 0.6 is 0 Å². The second-order valence-electron chi connectivity index (χ2n) is 6.40. The fourth-order valence-corrected chi connectivity index (χ4v) is 3.53. The van der Waals surface area contributed by atoms with E-state index in [-0.39, 0.29) is 0 Å². The number of nitrogens with one attached hydrogen (secondary N) is 1. The van der Waals surface area contributed by atoms with Gasteiger partial charge in [-0.3, -0.25) is 4.90 Å². The van der Waals surface area contributed by atoms with E-state index in [0.717, 1.165) is 12.6 Å². The summed E-state index contributed by atoms with van der Waals surface area (Å²) in [4.78, 5) is 2.82. The highest BCUT2D eigenvalue weighted by Crippen LogP contribution is 2.31. The average Bonchev–Trinajstić information content (AvgIpc) is 2.46. The molecule has 1 aliphatic rings. The van der Waals surface area contributed by atoms with Crippen molar-refractivity contribution in [3.05, 3.63) is 0 Å². The maximum Gasteiger partial charge on any atom is 0.00954 e. The Morgan fingerprint density at radius 1 is 1.11 bits per heavy atom. The number of likely N-dealkylation sites (tertiary alicyclic amines) is 1. The van der Waals surface area contributed by atoms with E-state index >= 15 is 0 Å². The van der Waals surface area contributed by atoms with Gasteiger partial charge in [0.1, 0.15) is 0 Å². The molecule has 114 valence electrons. The van der Waals surface area contributed by atoms with Gasteiger partial charge in [0, 0.05) is 19.1 Å². The summed E-state index contributed by atoms with van der Waals surface area (Å²) in [6.45, 7) is 14.2. The van der Waals surface area contributed by atoms with Crippen LogP contribution in [0.4, 0.5) is 0 Å². The third-order valence-electron chi connectivity index (χ3n) is 5.16. The Labute approximate surface area is 121 Å². The van der Waals surface area contributed by atoms with Crippen molar-refractivity contribution in [2.75, 3.05) is 26.2 Å². The summed E-state index contributed by atoms with van der Waals surface area (Å²) in [5, 5.41) is 3.60. The van der Waals surface area contributed by atoms with Gasteiger partial charge in [-0.15, -0.1) is 0 Å². The van der Waals surface area contributed by atoms with Gasteiger partial charge in [-0.05, 0) is 50.6 Å². The van der Waals surface area contributed by atoms with E-state index in [4.69, 9.17) is 0 Å². The lowest BCUT2D eigenvalue weighted by atomic mass is 9.80. The second kappa shape index (κ2) is 8.97. The first-order chi connectivity index (χ1) is 9.21. The molecule has 1 fully saturated rings. The molecule has 0 saturated carbocycles. The SMILES string of the molecule is CCCC1CCCCN1CC(CC)(CC)CNCC. The van der Waals surface area contributed by atoms with Crippen molar-refractivity contribution in [3.63, 3.8) is 0 Å². The normalized spacial score (nSPS) is 21.8. The second-order valence-corrected chi connectivity index (χ2v) is 6.40. The predicted molar refractivity (Wildman–Crippen MR) is 85.7 cm³/mol. The lowest BCUT2D eigenvalue weighted by Gasteiger charge is -2.43. The number of rotatable bonds is 9. The number of hydrogen-bond donors (Lipinski definition) is 1. The molecule has 0 aromatic carbocycles. The fraction of sp³-hybridized carbons (Fsp3) is 1.00. The quantitative estimate of drug-likeness (QED) is 0.678.